The number of nitro groups is 1. The molecule has 1 saturated heterocycles. The Morgan fingerprint density at radius 3 is 2.90 bits per heavy atom. The Hall–Kier alpha value is -2.18. The van der Waals surface area contributed by atoms with E-state index in [0.29, 0.717) is 24.8 Å². The molecule has 114 valence electrons. The van der Waals surface area contributed by atoms with Gasteiger partial charge in [-0.3, -0.25) is 14.9 Å². The van der Waals surface area contributed by atoms with Gasteiger partial charge in [0, 0.05) is 26.2 Å². The average Bonchev–Trinajstić information content (AvgIpc) is 2.70. The molecule has 0 saturated carbocycles. The third-order valence-corrected chi connectivity index (χ3v) is 3.86. The van der Waals surface area contributed by atoms with Crippen LogP contribution in [-0.4, -0.2) is 40.9 Å². The predicted molar refractivity (Wildman–Crippen MR) is 79.4 cm³/mol. The van der Waals surface area contributed by atoms with E-state index in [-0.39, 0.29) is 17.2 Å². The lowest BCUT2D eigenvalue weighted by Crippen LogP contribution is -2.32. The number of amides is 1. The normalized spacial score (nSPS) is 19.0. The topological polar surface area (TPSA) is 88.4 Å². The summed E-state index contributed by atoms with van der Waals surface area (Å²) in [5, 5.41) is 13.7. The van der Waals surface area contributed by atoms with Crippen molar-refractivity contribution in [2.45, 2.75) is 26.2 Å². The van der Waals surface area contributed by atoms with Crippen LogP contribution in [0.15, 0.2) is 12.3 Å². The molecule has 2 heterocycles. The monoisotopic (exact) mass is 292 g/mol. The van der Waals surface area contributed by atoms with Gasteiger partial charge in [-0.05, 0) is 25.2 Å². The predicted octanol–water partition coefficient (Wildman–Crippen LogP) is 2.29. The number of hydrogen-bond acceptors (Lipinski definition) is 5. The molecule has 1 N–H and O–H groups in total. The van der Waals surface area contributed by atoms with Crippen molar-refractivity contribution in [1.82, 2.24) is 9.88 Å². The van der Waals surface area contributed by atoms with Gasteiger partial charge in [0.05, 0.1) is 10.5 Å². The van der Waals surface area contributed by atoms with Gasteiger partial charge in [0.1, 0.15) is 12.0 Å². The SMILES string of the molecule is CNc1ncc([N+](=O)[O-])cc1C(=O)N1CCCC(C)CC1. The maximum Gasteiger partial charge on any atom is 0.288 e. The molecule has 1 aliphatic rings. The molecule has 0 spiro atoms. The minimum Gasteiger partial charge on any atom is -0.372 e. The minimum absolute atomic E-state index is 0.166. The second-order valence-corrected chi connectivity index (χ2v) is 5.43. The number of anilines is 1. The molecule has 21 heavy (non-hydrogen) atoms. The molecule has 0 radical (unpaired) electrons. The number of likely N-dealkylation sites (tertiary alicyclic amines) is 1. The molecule has 1 aromatic heterocycles. The summed E-state index contributed by atoms with van der Waals surface area (Å²) in [6.45, 7) is 3.56. The van der Waals surface area contributed by atoms with E-state index in [1.807, 2.05) is 0 Å². The van der Waals surface area contributed by atoms with E-state index in [9.17, 15) is 14.9 Å². The number of carbonyl (C=O) groups excluding carboxylic acids is 1. The maximum atomic E-state index is 12.6. The quantitative estimate of drug-likeness (QED) is 0.682. The summed E-state index contributed by atoms with van der Waals surface area (Å²) < 4.78 is 0. The fourth-order valence-corrected chi connectivity index (χ4v) is 2.55. The van der Waals surface area contributed by atoms with E-state index in [1.165, 1.54) is 6.07 Å². The number of aromatic nitrogens is 1. The van der Waals surface area contributed by atoms with Gasteiger partial charge in [-0.1, -0.05) is 6.92 Å². The number of carbonyl (C=O) groups is 1. The van der Waals surface area contributed by atoms with Crippen molar-refractivity contribution < 1.29 is 9.72 Å². The molecule has 0 aromatic carbocycles. The van der Waals surface area contributed by atoms with E-state index in [4.69, 9.17) is 0 Å². The zero-order chi connectivity index (χ0) is 15.4. The highest BCUT2D eigenvalue weighted by Crippen LogP contribution is 2.23. The number of rotatable bonds is 3. The van der Waals surface area contributed by atoms with Crippen molar-refractivity contribution in [3.63, 3.8) is 0 Å². The molecule has 1 amide bonds. The second-order valence-electron chi connectivity index (χ2n) is 5.43. The van der Waals surface area contributed by atoms with Crippen molar-refractivity contribution in [2.75, 3.05) is 25.5 Å². The van der Waals surface area contributed by atoms with Crippen molar-refractivity contribution in [3.05, 3.63) is 27.9 Å². The highest BCUT2D eigenvalue weighted by Gasteiger charge is 2.24. The third kappa shape index (κ3) is 3.48. The van der Waals surface area contributed by atoms with E-state index >= 15 is 0 Å². The summed E-state index contributed by atoms with van der Waals surface area (Å²) in [5.41, 5.74) is 0.0989. The first-order valence-electron chi connectivity index (χ1n) is 7.14. The van der Waals surface area contributed by atoms with Gasteiger partial charge in [-0.15, -0.1) is 0 Å². The zero-order valence-corrected chi connectivity index (χ0v) is 12.3. The molecule has 7 heteroatoms. The lowest BCUT2D eigenvalue weighted by atomic mass is 10.0. The van der Waals surface area contributed by atoms with Crippen LogP contribution < -0.4 is 5.32 Å². The van der Waals surface area contributed by atoms with Crippen LogP contribution in [0.4, 0.5) is 11.5 Å². The van der Waals surface area contributed by atoms with Gasteiger partial charge < -0.3 is 10.2 Å². The number of nitrogens with one attached hydrogen (secondary N) is 1. The van der Waals surface area contributed by atoms with Gasteiger partial charge in [0.2, 0.25) is 0 Å². The minimum atomic E-state index is -0.534. The van der Waals surface area contributed by atoms with Gasteiger partial charge in [-0.25, -0.2) is 4.98 Å². The van der Waals surface area contributed by atoms with Crippen LogP contribution in [0, 0.1) is 16.0 Å². The van der Waals surface area contributed by atoms with Crippen molar-refractivity contribution in [1.29, 1.82) is 0 Å². The number of hydrogen-bond donors (Lipinski definition) is 1. The lowest BCUT2D eigenvalue weighted by Gasteiger charge is -2.21. The summed E-state index contributed by atoms with van der Waals surface area (Å²) in [4.78, 5) is 28.7. The molecule has 1 fully saturated rings. The van der Waals surface area contributed by atoms with Crippen LogP contribution in [0.2, 0.25) is 0 Å². The van der Waals surface area contributed by atoms with Gasteiger partial charge in [0.15, 0.2) is 0 Å². The van der Waals surface area contributed by atoms with Gasteiger partial charge in [0.25, 0.3) is 11.6 Å². The zero-order valence-electron chi connectivity index (χ0n) is 12.3. The van der Waals surface area contributed by atoms with Gasteiger partial charge in [-0.2, -0.15) is 0 Å². The standard InChI is InChI=1S/C14H20N4O3/c1-10-4-3-6-17(7-5-10)14(19)12-8-11(18(20)21)9-16-13(12)15-2/h8-10H,3-7H2,1-2H3,(H,15,16). The van der Waals surface area contributed by atoms with Crippen LogP contribution in [0.5, 0.6) is 0 Å². The first-order valence-corrected chi connectivity index (χ1v) is 7.14. The Morgan fingerprint density at radius 1 is 1.48 bits per heavy atom. The largest absolute Gasteiger partial charge is 0.372 e. The maximum absolute atomic E-state index is 12.6. The lowest BCUT2D eigenvalue weighted by molar-refractivity contribution is -0.385. The Bertz CT molecular complexity index is 547. The summed E-state index contributed by atoms with van der Waals surface area (Å²) in [6.07, 6.45) is 4.19. The fraction of sp³-hybridized carbons (Fsp3) is 0.571. The van der Waals surface area contributed by atoms with E-state index in [1.54, 1.807) is 11.9 Å². The van der Waals surface area contributed by atoms with E-state index in [2.05, 4.69) is 17.2 Å². The first-order chi connectivity index (χ1) is 10.0. The van der Waals surface area contributed by atoms with Crippen LogP contribution in [0.1, 0.15) is 36.5 Å². The van der Waals surface area contributed by atoms with Crippen LogP contribution in [-0.2, 0) is 0 Å². The Labute approximate surface area is 123 Å². The molecule has 0 aliphatic carbocycles. The molecule has 7 nitrogen and oxygen atoms in total. The van der Waals surface area contributed by atoms with Gasteiger partial charge >= 0.3 is 0 Å². The Kier molecular flexibility index (Phi) is 4.72. The summed E-state index contributed by atoms with van der Waals surface area (Å²) >= 11 is 0. The highest BCUT2D eigenvalue weighted by molar-refractivity contribution is 5.99. The van der Waals surface area contributed by atoms with Crippen LogP contribution in [0.3, 0.4) is 0 Å². The van der Waals surface area contributed by atoms with E-state index in [0.717, 1.165) is 25.5 Å². The molecule has 1 aromatic rings. The van der Waals surface area contributed by atoms with Crippen molar-refractivity contribution >= 4 is 17.4 Å². The first kappa shape index (κ1) is 15.2. The molecular weight excluding hydrogens is 272 g/mol. The number of pyridine rings is 1. The summed E-state index contributed by atoms with van der Waals surface area (Å²) in [6, 6.07) is 1.30. The number of nitrogens with zero attached hydrogens (tertiary/aromatic N) is 3. The summed E-state index contributed by atoms with van der Waals surface area (Å²) in [7, 11) is 1.65. The molecule has 0 bridgehead atoms. The Morgan fingerprint density at radius 2 is 2.24 bits per heavy atom. The highest BCUT2D eigenvalue weighted by atomic mass is 16.6. The second kappa shape index (κ2) is 6.51. The molecular formula is C14H20N4O3. The molecule has 2 rings (SSSR count). The molecule has 1 atom stereocenters. The smallest absolute Gasteiger partial charge is 0.288 e. The molecule has 1 aliphatic heterocycles. The summed E-state index contributed by atoms with van der Waals surface area (Å²) in [5.74, 6) is 0.794. The van der Waals surface area contributed by atoms with Crippen LogP contribution in [0.25, 0.3) is 0 Å². The van der Waals surface area contributed by atoms with Crippen molar-refractivity contribution in [2.24, 2.45) is 5.92 Å². The average molecular weight is 292 g/mol. The fourth-order valence-electron chi connectivity index (χ4n) is 2.55. The Balaban J connectivity index is 2.28. The van der Waals surface area contributed by atoms with Crippen LogP contribution >= 0.6 is 0 Å². The molecule has 1 unspecified atom stereocenters. The van der Waals surface area contributed by atoms with Crippen molar-refractivity contribution in [3.8, 4) is 0 Å². The van der Waals surface area contributed by atoms with E-state index < -0.39 is 4.92 Å². The third-order valence-electron chi connectivity index (χ3n) is 3.86.